The summed E-state index contributed by atoms with van der Waals surface area (Å²) in [5, 5.41) is 2.69. The minimum absolute atomic E-state index is 0.322. The standard InChI is InChI=1S/C19H18FNO2/c20-15-9-10-17-16(11-15)19(23-18(22)21-17,12-13-5-4-6-13)14-7-2-1-3-8-14/h1-3,7-11,13H,4-6,12H2,(H,21,22). The zero-order valence-corrected chi connectivity index (χ0v) is 12.7. The maximum atomic E-state index is 13.9. The molecule has 4 heteroatoms. The molecular weight excluding hydrogens is 293 g/mol. The first-order valence-corrected chi connectivity index (χ1v) is 8.03. The molecule has 1 heterocycles. The molecule has 0 saturated heterocycles. The van der Waals surface area contributed by atoms with Gasteiger partial charge in [-0.05, 0) is 30.5 Å². The molecule has 1 atom stereocenters. The van der Waals surface area contributed by atoms with Crippen LogP contribution in [0, 0.1) is 11.7 Å². The average Bonchev–Trinajstić information content (AvgIpc) is 2.52. The lowest BCUT2D eigenvalue weighted by Gasteiger charge is -2.42. The summed E-state index contributed by atoms with van der Waals surface area (Å²) in [6.07, 6.45) is 3.68. The average molecular weight is 311 g/mol. The molecule has 1 N–H and O–H groups in total. The Morgan fingerprint density at radius 3 is 2.65 bits per heavy atom. The van der Waals surface area contributed by atoms with Gasteiger partial charge in [0.2, 0.25) is 0 Å². The summed E-state index contributed by atoms with van der Waals surface area (Å²) in [4.78, 5) is 12.2. The van der Waals surface area contributed by atoms with E-state index >= 15 is 0 Å². The van der Waals surface area contributed by atoms with Crippen molar-refractivity contribution in [3.8, 4) is 0 Å². The molecule has 1 unspecified atom stereocenters. The van der Waals surface area contributed by atoms with Gasteiger partial charge in [0.05, 0.1) is 5.69 Å². The fourth-order valence-electron chi connectivity index (χ4n) is 3.60. The van der Waals surface area contributed by atoms with E-state index < -0.39 is 11.7 Å². The highest BCUT2D eigenvalue weighted by molar-refractivity contribution is 5.89. The molecule has 2 aliphatic rings. The predicted octanol–water partition coefficient (Wildman–Crippen LogP) is 4.82. The van der Waals surface area contributed by atoms with Crippen LogP contribution in [0.1, 0.15) is 36.8 Å². The maximum Gasteiger partial charge on any atom is 0.412 e. The van der Waals surface area contributed by atoms with Gasteiger partial charge in [0.25, 0.3) is 0 Å². The Balaban J connectivity index is 1.91. The van der Waals surface area contributed by atoms with Crippen molar-refractivity contribution in [1.29, 1.82) is 0 Å². The number of fused-ring (bicyclic) bond motifs is 1. The van der Waals surface area contributed by atoms with Gasteiger partial charge >= 0.3 is 6.09 Å². The molecular formula is C19H18FNO2. The zero-order valence-electron chi connectivity index (χ0n) is 12.7. The second-order valence-electron chi connectivity index (χ2n) is 6.40. The molecule has 0 radical (unpaired) electrons. The van der Waals surface area contributed by atoms with E-state index in [0.29, 0.717) is 23.6 Å². The van der Waals surface area contributed by atoms with Crippen LogP contribution in [0.5, 0.6) is 0 Å². The van der Waals surface area contributed by atoms with E-state index in [1.54, 1.807) is 6.07 Å². The number of halogens is 1. The highest BCUT2D eigenvalue weighted by Crippen LogP contribution is 2.48. The van der Waals surface area contributed by atoms with E-state index in [1.165, 1.54) is 18.6 Å². The summed E-state index contributed by atoms with van der Waals surface area (Å²) < 4.78 is 19.7. The van der Waals surface area contributed by atoms with Gasteiger partial charge in [-0.25, -0.2) is 9.18 Å². The molecule has 1 saturated carbocycles. The molecule has 1 aliphatic carbocycles. The molecule has 1 fully saturated rings. The van der Waals surface area contributed by atoms with Crippen molar-refractivity contribution in [3.05, 3.63) is 65.5 Å². The first-order chi connectivity index (χ1) is 11.2. The SMILES string of the molecule is O=C1Nc2ccc(F)cc2C(CC2CCC2)(c2ccccc2)O1. The van der Waals surface area contributed by atoms with Crippen molar-refractivity contribution in [2.24, 2.45) is 5.92 Å². The van der Waals surface area contributed by atoms with E-state index in [2.05, 4.69) is 5.32 Å². The van der Waals surface area contributed by atoms with Crippen LogP contribution >= 0.6 is 0 Å². The lowest BCUT2D eigenvalue weighted by atomic mass is 9.71. The molecule has 1 aliphatic heterocycles. The Morgan fingerprint density at radius 1 is 1.17 bits per heavy atom. The zero-order chi connectivity index (χ0) is 15.9. The van der Waals surface area contributed by atoms with Crippen molar-refractivity contribution >= 4 is 11.8 Å². The molecule has 3 nitrogen and oxygen atoms in total. The minimum Gasteiger partial charge on any atom is -0.433 e. The van der Waals surface area contributed by atoms with Crippen molar-refractivity contribution in [2.75, 3.05) is 5.32 Å². The Hall–Kier alpha value is -2.36. The van der Waals surface area contributed by atoms with Crippen molar-refractivity contribution < 1.29 is 13.9 Å². The number of rotatable bonds is 3. The van der Waals surface area contributed by atoms with Gasteiger partial charge in [-0.1, -0.05) is 49.6 Å². The Kier molecular flexibility index (Phi) is 3.33. The van der Waals surface area contributed by atoms with Crippen LogP contribution < -0.4 is 5.32 Å². The first-order valence-electron chi connectivity index (χ1n) is 8.03. The second-order valence-corrected chi connectivity index (χ2v) is 6.40. The normalized spacial score (nSPS) is 23.4. The number of carbonyl (C=O) groups is 1. The van der Waals surface area contributed by atoms with Crippen LogP contribution in [0.25, 0.3) is 0 Å². The summed E-state index contributed by atoms with van der Waals surface area (Å²) >= 11 is 0. The third-order valence-electron chi connectivity index (χ3n) is 4.96. The number of nitrogens with one attached hydrogen (secondary N) is 1. The quantitative estimate of drug-likeness (QED) is 0.882. The number of hydrogen-bond acceptors (Lipinski definition) is 2. The van der Waals surface area contributed by atoms with Gasteiger partial charge in [0.1, 0.15) is 5.82 Å². The second kappa shape index (κ2) is 5.37. The van der Waals surface area contributed by atoms with Crippen molar-refractivity contribution in [1.82, 2.24) is 0 Å². The fraction of sp³-hybridized carbons (Fsp3) is 0.316. The topological polar surface area (TPSA) is 38.3 Å². The van der Waals surface area contributed by atoms with Gasteiger partial charge in [0.15, 0.2) is 5.60 Å². The van der Waals surface area contributed by atoms with Crippen LogP contribution in [0.3, 0.4) is 0 Å². The van der Waals surface area contributed by atoms with Gasteiger partial charge in [-0.2, -0.15) is 0 Å². The van der Waals surface area contributed by atoms with Crippen LogP contribution in [0.4, 0.5) is 14.9 Å². The molecule has 1 amide bonds. The molecule has 118 valence electrons. The highest BCUT2D eigenvalue weighted by Gasteiger charge is 2.46. The van der Waals surface area contributed by atoms with Crippen LogP contribution in [-0.4, -0.2) is 6.09 Å². The smallest absolute Gasteiger partial charge is 0.412 e. The van der Waals surface area contributed by atoms with Crippen LogP contribution in [0.2, 0.25) is 0 Å². The number of ether oxygens (including phenoxy) is 1. The van der Waals surface area contributed by atoms with E-state index in [0.717, 1.165) is 18.4 Å². The largest absolute Gasteiger partial charge is 0.433 e. The van der Waals surface area contributed by atoms with E-state index in [-0.39, 0.29) is 5.82 Å². The predicted molar refractivity (Wildman–Crippen MR) is 85.7 cm³/mol. The summed E-state index contributed by atoms with van der Waals surface area (Å²) in [6, 6.07) is 14.1. The number of hydrogen-bond donors (Lipinski definition) is 1. The Labute approximate surface area is 134 Å². The van der Waals surface area contributed by atoms with E-state index in [1.807, 2.05) is 30.3 Å². The molecule has 2 aromatic rings. The van der Waals surface area contributed by atoms with Crippen LogP contribution in [0.15, 0.2) is 48.5 Å². The minimum atomic E-state index is -0.911. The third-order valence-corrected chi connectivity index (χ3v) is 4.96. The molecule has 2 aromatic carbocycles. The lowest BCUT2D eigenvalue weighted by molar-refractivity contribution is 0.0136. The van der Waals surface area contributed by atoms with Crippen molar-refractivity contribution in [3.63, 3.8) is 0 Å². The number of cyclic esters (lactones) is 1. The molecule has 23 heavy (non-hydrogen) atoms. The summed E-state index contributed by atoms with van der Waals surface area (Å²) in [5.41, 5.74) is 1.32. The summed E-state index contributed by atoms with van der Waals surface area (Å²) in [6.45, 7) is 0. The van der Waals surface area contributed by atoms with Crippen molar-refractivity contribution in [2.45, 2.75) is 31.3 Å². The Morgan fingerprint density at radius 2 is 1.96 bits per heavy atom. The first kappa shape index (κ1) is 14.2. The number of carbonyl (C=O) groups excluding carboxylic acids is 1. The number of benzene rings is 2. The van der Waals surface area contributed by atoms with E-state index in [4.69, 9.17) is 4.74 Å². The maximum absolute atomic E-state index is 13.9. The molecule has 0 aromatic heterocycles. The van der Waals surface area contributed by atoms with Crippen LogP contribution in [-0.2, 0) is 10.3 Å². The van der Waals surface area contributed by atoms with Gasteiger partial charge in [-0.15, -0.1) is 0 Å². The third kappa shape index (κ3) is 2.38. The van der Waals surface area contributed by atoms with Gasteiger partial charge in [0, 0.05) is 11.1 Å². The monoisotopic (exact) mass is 311 g/mol. The highest BCUT2D eigenvalue weighted by atomic mass is 19.1. The number of amides is 1. The number of anilines is 1. The summed E-state index contributed by atoms with van der Waals surface area (Å²) in [7, 11) is 0. The van der Waals surface area contributed by atoms with Gasteiger partial charge in [-0.3, -0.25) is 5.32 Å². The Bertz CT molecular complexity index is 742. The molecule has 4 rings (SSSR count). The van der Waals surface area contributed by atoms with Gasteiger partial charge < -0.3 is 4.74 Å². The van der Waals surface area contributed by atoms with E-state index in [9.17, 15) is 9.18 Å². The lowest BCUT2D eigenvalue weighted by Crippen LogP contribution is -2.42. The fourth-order valence-corrected chi connectivity index (χ4v) is 3.60. The molecule has 0 bridgehead atoms. The molecule has 0 spiro atoms. The summed E-state index contributed by atoms with van der Waals surface area (Å²) in [5.74, 6) is 0.176.